The van der Waals surface area contributed by atoms with Crippen LogP contribution in [0.2, 0.25) is 0 Å². The highest BCUT2D eigenvalue weighted by Gasteiger charge is 2.13. The maximum Gasteiger partial charge on any atom is 0.146 e. The van der Waals surface area contributed by atoms with Gasteiger partial charge >= 0.3 is 0 Å². The smallest absolute Gasteiger partial charge is 0.146 e. The molecule has 0 radical (unpaired) electrons. The van der Waals surface area contributed by atoms with Crippen molar-refractivity contribution in [3.05, 3.63) is 23.5 Å². The summed E-state index contributed by atoms with van der Waals surface area (Å²) in [5.74, 6) is 1.46. The predicted octanol–water partition coefficient (Wildman–Crippen LogP) is 2.77. The largest absolute Gasteiger partial charge is 0.494 e. The lowest BCUT2D eigenvalue weighted by molar-refractivity contribution is 0.408. The summed E-state index contributed by atoms with van der Waals surface area (Å²) >= 11 is 0. The maximum atomic E-state index is 5.34. The molecule has 0 saturated heterocycles. The van der Waals surface area contributed by atoms with Crippen LogP contribution in [0.25, 0.3) is 11.0 Å². The topological polar surface area (TPSA) is 44.2 Å². The van der Waals surface area contributed by atoms with Crippen molar-refractivity contribution in [1.29, 1.82) is 0 Å². The van der Waals surface area contributed by atoms with Gasteiger partial charge in [-0.3, -0.25) is 0 Å². The van der Waals surface area contributed by atoms with E-state index in [0.717, 1.165) is 46.8 Å². The number of nitrogens with zero attached hydrogens (tertiary/aromatic N) is 2. The molecule has 1 aromatic carbocycles. The summed E-state index contributed by atoms with van der Waals surface area (Å²) in [5.41, 5.74) is 3.59. The van der Waals surface area contributed by atoms with Crippen LogP contribution in [0.4, 0.5) is 0 Å². The standard InChI is InChI=1S/C14H18N2O2/c1-5-9-10(6-2)16-14-12(18-4)8-7-11(17-3)13(14)15-9/h7-8H,5-6H2,1-4H3. The zero-order valence-corrected chi connectivity index (χ0v) is 11.3. The average molecular weight is 246 g/mol. The third-order valence-corrected chi connectivity index (χ3v) is 3.01. The van der Waals surface area contributed by atoms with E-state index in [1.807, 2.05) is 12.1 Å². The molecule has 4 heteroatoms. The first-order valence-electron chi connectivity index (χ1n) is 6.15. The molecule has 0 fully saturated rings. The molecule has 0 aliphatic heterocycles. The lowest BCUT2D eigenvalue weighted by Crippen LogP contribution is -2.02. The van der Waals surface area contributed by atoms with Crippen molar-refractivity contribution >= 4 is 11.0 Å². The predicted molar refractivity (Wildman–Crippen MR) is 71.4 cm³/mol. The van der Waals surface area contributed by atoms with E-state index in [9.17, 15) is 0 Å². The van der Waals surface area contributed by atoms with Gasteiger partial charge < -0.3 is 9.47 Å². The minimum absolute atomic E-state index is 0.732. The van der Waals surface area contributed by atoms with Crippen molar-refractivity contribution in [2.75, 3.05) is 14.2 Å². The fourth-order valence-electron chi connectivity index (χ4n) is 2.05. The number of aromatic nitrogens is 2. The summed E-state index contributed by atoms with van der Waals surface area (Å²) in [6.07, 6.45) is 1.74. The first-order valence-corrected chi connectivity index (χ1v) is 6.15. The lowest BCUT2D eigenvalue weighted by Gasteiger charge is -2.12. The minimum atomic E-state index is 0.732. The van der Waals surface area contributed by atoms with Crippen molar-refractivity contribution in [3.8, 4) is 11.5 Å². The van der Waals surface area contributed by atoms with Gasteiger partial charge in [-0.05, 0) is 25.0 Å². The van der Waals surface area contributed by atoms with Crippen molar-refractivity contribution < 1.29 is 9.47 Å². The highest BCUT2D eigenvalue weighted by Crippen LogP contribution is 2.31. The summed E-state index contributed by atoms with van der Waals surface area (Å²) in [6, 6.07) is 3.72. The van der Waals surface area contributed by atoms with Gasteiger partial charge in [-0.15, -0.1) is 0 Å². The monoisotopic (exact) mass is 246 g/mol. The van der Waals surface area contributed by atoms with Crippen LogP contribution in [0.1, 0.15) is 25.2 Å². The molecule has 0 unspecified atom stereocenters. The number of benzene rings is 1. The fraction of sp³-hybridized carbons (Fsp3) is 0.429. The van der Waals surface area contributed by atoms with Crippen LogP contribution in [-0.4, -0.2) is 24.2 Å². The third-order valence-electron chi connectivity index (χ3n) is 3.01. The molecule has 0 N–H and O–H groups in total. The Kier molecular flexibility index (Phi) is 3.65. The molecule has 0 aliphatic carbocycles. The van der Waals surface area contributed by atoms with Crippen LogP contribution in [0.3, 0.4) is 0 Å². The first-order chi connectivity index (χ1) is 8.74. The van der Waals surface area contributed by atoms with E-state index in [1.54, 1.807) is 14.2 Å². The van der Waals surface area contributed by atoms with Crippen LogP contribution >= 0.6 is 0 Å². The SMILES string of the molecule is CCc1nc2c(OC)ccc(OC)c2nc1CC. The number of hydrogen-bond donors (Lipinski definition) is 0. The number of hydrogen-bond acceptors (Lipinski definition) is 4. The fourth-order valence-corrected chi connectivity index (χ4v) is 2.05. The second-order valence-electron chi connectivity index (χ2n) is 3.99. The van der Waals surface area contributed by atoms with Gasteiger partial charge in [0.25, 0.3) is 0 Å². The van der Waals surface area contributed by atoms with Crippen LogP contribution in [0, 0.1) is 0 Å². The van der Waals surface area contributed by atoms with Crippen LogP contribution in [0.15, 0.2) is 12.1 Å². The highest BCUT2D eigenvalue weighted by atomic mass is 16.5. The minimum Gasteiger partial charge on any atom is -0.494 e. The number of rotatable bonds is 4. The van der Waals surface area contributed by atoms with E-state index in [-0.39, 0.29) is 0 Å². The van der Waals surface area contributed by atoms with E-state index >= 15 is 0 Å². The quantitative estimate of drug-likeness (QED) is 0.832. The molecular formula is C14H18N2O2. The van der Waals surface area contributed by atoms with Gasteiger partial charge in [0, 0.05) is 0 Å². The average Bonchev–Trinajstić information content (AvgIpc) is 2.44. The van der Waals surface area contributed by atoms with Gasteiger partial charge in [-0.2, -0.15) is 0 Å². The van der Waals surface area contributed by atoms with Crippen molar-refractivity contribution in [2.24, 2.45) is 0 Å². The Morgan fingerprint density at radius 3 is 1.50 bits per heavy atom. The molecule has 2 aromatic rings. The molecule has 0 spiro atoms. The Balaban J connectivity index is 2.80. The Hall–Kier alpha value is -1.84. The van der Waals surface area contributed by atoms with E-state index in [1.165, 1.54) is 0 Å². The van der Waals surface area contributed by atoms with Crippen molar-refractivity contribution in [2.45, 2.75) is 26.7 Å². The number of fused-ring (bicyclic) bond motifs is 1. The Morgan fingerprint density at radius 1 is 0.833 bits per heavy atom. The van der Waals surface area contributed by atoms with Gasteiger partial charge in [0.15, 0.2) is 0 Å². The normalized spacial score (nSPS) is 10.7. The van der Waals surface area contributed by atoms with Gasteiger partial charge in [0.1, 0.15) is 22.5 Å². The van der Waals surface area contributed by atoms with E-state index in [4.69, 9.17) is 9.47 Å². The molecule has 0 saturated carbocycles. The summed E-state index contributed by atoms with van der Waals surface area (Å²) < 4.78 is 10.7. The zero-order valence-electron chi connectivity index (χ0n) is 11.3. The molecule has 0 aliphatic rings. The third kappa shape index (κ3) is 1.98. The first kappa shape index (κ1) is 12.6. The van der Waals surface area contributed by atoms with Crippen LogP contribution in [0.5, 0.6) is 11.5 Å². The molecule has 1 heterocycles. The second-order valence-corrected chi connectivity index (χ2v) is 3.99. The second kappa shape index (κ2) is 5.21. The number of ether oxygens (including phenoxy) is 2. The molecule has 0 bridgehead atoms. The summed E-state index contributed by atoms with van der Waals surface area (Å²) in [7, 11) is 3.28. The summed E-state index contributed by atoms with van der Waals surface area (Å²) in [6.45, 7) is 4.17. The molecular weight excluding hydrogens is 228 g/mol. The van der Waals surface area contributed by atoms with E-state index in [0.29, 0.717) is 0 Å². The molecule has 0 amide bonds. The summed E-state index contributed by atoms with van der Waals surface area (Å²) in [4.78, 5) is 9.35. The molecule has 18 heavy (non-hydrogen) atoms. The van der Waals surface area contributed by atoms with Crippen molar-refractivity contribution in [1.82, 2.24) is 9.97 Å². The number of methoxy groups -OCH3 is 2. The van der Waals surface area contributed by atoms with Crippen LogP contribution < -0.4 is 9.47 Å². The lowest BCUT2D eigenvalue weighted by atomic mass is 10.1. The van der Waals surface area contributed by atoms with Crippen LogP contribution in [-0.2, 0) is 12.8 Å². The molecule has 2 rings (SSSR count). The van der Waals surface area contributed by atoms with Crippen molar-refractivity contribution in [3.63, 3.8) is 0 Å². The van der Waals surface area contributed by atoms with Gasteiger partial charge in [0.2, 0.25) is 0 Å². The Morgan fingerprint density at radius 2 is 1.22 bits per heavy atom. The molecule has 4 nitrogen and oxygen atoms in total. The van der Waals surface area contributed by atoms with Gasteiger partial charge in [-0.1, -0.05) is 13.8 Å². The molecule has 0 atom stereocenters. The van der Waals surface area contributed by atoms with E-state index in [2.05, 4.69) is 23.8 Å². The van der Waals surface area contributed by atoms with Gasteiger partial charge in [-0.25, -0.2) is 9.97 Å². The van der Waals surface area contributed by atoms with Gasteiger partial charge in [0.05, 0.1) is 25.6 Å². The highest BCUT2D eigenvalue weighted by molar-refractivity contribution is 5.86. The Labute approximate surface area is 107 Å². The zero-order chi connectivity index (χ0) is 13.1. The molecule has 96 valence electrons. The Bertz CT molecular complexity index is 517. The summed E-state index contributed by atoms with van der Waals surface area (Å²) in [5, 5.41) is 0. The van der Waals surface area contributed by atoms with E-state index < -0.39 is 0 Å². The maximum absolute atomic E-state index is 5.34. The number of aryl methyl sites for hydroxylation is 2. The molecule has 1 aromatic heterocycles.